The van der Waals surface area contributed by atoms with Crippen LogP contribution in [-0.2, 0) is 17.4 Å². The summed E-state index contributed by atoms with van der Waals surface area (Å²) in [5.74, 6) is -1.77. The summed E-state index contributed by atoms with van der Waals surface area (Å²) in [6.45, 7) is -2.25. The molecule has 3 rings (SSSR count). The number of halogens is 10. The molecule has 0 saturated carbocycles. The van der Waals surface area contributed by atoms with Crippen LogP contribution < -0.4 is 10.6 Å². The fourth-order valence-electron chi connectivity index (χ4n) is 4.14. The van der Waals surface area contributed by atoms with Gasteiger partial charge in [-0.2, -0.15) is 39.5 Å². The van der Waals surface area contributed by atoms with E-state index in [1.807, 2.05) is 0 Å². The number of amides is 2. The molecule has 0 bridgehead atoms. The standard InChI is InChI=1S/C28H22ClF9N2O2/c29-19-12-17(11-18(13-19)27(33,34)35)23(28(36,37)38)8-4-1-5-16-9-10-22(21-7-3-2-6-20(16)21)25(42)39-14-24(41)40-15-26(30,31)32/h2-3,6-13H,1,4-5,14-15H2,(H,39,42)(H,40,41)/b23-8-. The summed E-state index contributed by atoms with van der Waals surface area (Å²) in [4.78, 5) is 24.3. The van der Waals surface area contributed by atoms with Crippen molar-refractivity contribution in [2.75, 3.05) is 13.1 Å². The molecule has 0 aliphatic carbocycles. The summed E-state index contributed by atoms with van der Waals surface area (Å²) in [5.41, 5.74) is -2.49. The summed E-state index contributed by atoms with van der Waals surface area (Å²) in [5, 5.41) is 4.40. The second-order valence-electron chi connectivity index (χ2n) is 9.13. The van der Waals surface area contributed by atoms with Crippen molar-refractivity contribution in [3.63, 3.8) is 0 Å². The van der Waals surface area contributed by atoms with E-state index in [-0.39, 0.29) is 24.8 Å². The van der Waals surface area contributed by atoms with Gasteiger partial charge in [0.15, 0.2) is 0 Å². The topological polar surface area (TPSA) is 58.2 Å². The summed E-state index contributed by atoms with van der Waals surface area (Å²) in [6, 6.07) is 11.3. The first-order valence-electron chi connectivity index (χ1n) is 12.2. The molecule has 3 aromatic carbocycles. The summed E-state index contributed by atoms with van der Waals surface area (Å²) < 4.78 is 117. The highest BCUT2D eigenvalue weighted by molar-refractivity contribution is 6.30. The van der Waals surface area contributed by atoms with Crippen LogP contribution in [0.25, 0.3) is 16.3 Å². The Balaban J connectivity index is 1.75. The van der Waals surface area contributed by atoms with Crippen molar-refractivity contribution in [1.29, 1.82) is 0 Å². The molecule has 2 amide bonds. The first kappa shape index (κ1) is 32.8. The van der Waals surface area contributed by atoms with Crippen LogP contribution in [0.3, 0.4) is 0 Å². The minimum absolute atomic E-state index is 0.124. The van der Waals surface area contributed by atoms with E-state index in [2.05, 4.69) is 5.32 Å². The van der Waals surface area contributed by atoms with Crippen LogP contribution in [0.5, 0.6) is 0 Å². The number of unbranched alkanes of at least 4 members (excludes halogenated alkanes) is 1. The summed E-state index contributed by atoms with van der Waals surface area (Å²) in [7, 11) is 0. The lowest BCUT2D eigenvalue weighted by Crippen LogP contribution is -2.40. The third-order valence-corrected chi connectivity index (χ3v) is 6.21. The molecular formula is C28H22ClF9N2O2. The van der Waals surface area contributed by atoms with Crippen LogP contribution in [0.15, 0.2) is 60.7 Å². The SMILES string of the molecule is O=C(CNC(=O)c1ccc(CCC/C=C(/c2cc(Cl)cc(C(F)(F)F)c2)C(F)(F)F)c2ccccc12)NCC(F)(F)F. The Morgan fingerprint density at radius 3 is 2.12 bits per heavy atom. The highest BCUT2D eigenvalue weighted by Gasteiger charge is 2.37. The van der Waals surface area contributed by atoms with Gasteiger partial charge < -0.3 is 10.6 Å². The van der Waals surface area contributed by atoms with E-state index in [4.69, 9.17) is 11.6 Å². The third-order valence-electron chi connectivity index (χ3n) is 5.99. The van der Waals surface area contributed by atoms with Crippen molar-refractivity contribution in [1.82, 2.24) is 10.6 Å². The lowest BCUT2D eigenvalue weighted by molar-refractivity contribution is -0.137. The van der Waals surface area contributed by atoms with Gasteiger partial charge in [0.2, 0.25) is 5.91 Å². The zero-order chi connectivity index (χ0) is 31.3. The van der Waals surface area contributed by atoms with Crippen molar-refractivity contribution >= 4 is 39.8 Å². The summed E-state index contributed by atoms with van der Waals surface area (Å²) in [6.07, 6.45) is -13.4. The number of fused-ring (bicyclic) bond motifs is 1. The average molecular weight is 625 g/mol. The predicted molar refractivity (Wildman–Crippen MR) is 139 cm³/mol. The molecule has 0 atom stereocenters. The smallest absolute Gasteiger partial charge is 0.345 e. The van der Waals surface area contributed by atoms with Crippen LogP contribution in [0.4, 0.5) is 39.5 Å². The van der Waals surface area contributed by atoms with E-state index in [1.165, 1.54) is 6.07 Å². The van der Waals surface area contributed by atoms with Crippen LogP contribution in [0.2, 0.25) is 5.02 Å². The van der Waals surface area contributed by atoms with Crippen molar-refractivity contribution in [2.24, 2.45) is 0 Å². The highest BCUT2D eigenvalue weighted by Crippen LogP contribution is 2.39. The summed E-state index contributed by atoms with van der Waals surface area (Å²) >= 11 is 5.66. The molecule has 0 aromatic heterocycles. The molecule has 226 valence electrons. The number of carbonyl (C=O) groups excluding carboxylic acids is 2. The van der Waals surface area contributed by atoms with Gasteiger partial charge in [0.05, 0.1) is 17.7 Å². The van der Waals surface area contributed by atoms with Crippen molar-refractivity contribution in [3.8, 4) is 0 Å². The number of rotatable bonds is 9. The van der Waals surface area contributed by atoms with E-state index < -0.39 is 65.2 Å². The fraction of sp³-hybridized carbons (Fsp3) is 0.286. The molecule has 0 aliphatic heterocycles. The molecule has 4 nitrogen and oxygen atoms in total. The average Bonchev–Trinajstić information content (AvgIpc) is 2.88. The molecule has 0 saturated heterocycles. The van der Waals surface area contributed by atoms with E-state index in [9.17, 15) is 49.1 Å². The Morgan fingerprint density at radius 1 is 0.833 bits per heavy atom. The quantitative estimate of drug-likeness (QED) is 0.188. The molecule has 0 aliphatic rings. The molecule has 0 unspecified atom stereocenters. The van der Waals surface area contributed by atoms with E-state index in [0.717, 1.165) is 12.1 Å². The van der Waals surface area contributed by atoms with Gasteiger partial charge in [-0.05, 0) is 65.4 Å². The Bertz CT molecular complexity index is 1480. The Morgan fingerprint density at radius 2 is 1.50 bits per heavy atom. The number of hydrogen-bond acceptors (Lipinski definition) is 2. The zero-order valence-corrected chi connectivity index (χ0v) is 22.2. The number of alkyl halides is 9. The Hall–Kier alpha value is -3.74. The number of aryl methyl sites for hydroxylation is 1. The van der Waals surface area contributed by atoms with Gasteiger partial charge >= 0.3 is 18.5 Å². The maximum Gasteiger partial charge on any atom is 0.416 e. The molecule has 0 fully saturated rings. The maximum atomic E-state index is 13.7. The van der Waals surface area contributed by atoms with Crippen LogP contribution >= 0.6 is 11.6 Å². The lowest BCUT2D eigenvalue weighted by atomic mass is 9.95. The van der Waals surface area contributed by atoms with Crippen molar-refractivity contribution in [2.45, 2.75) is 37.8 Å². The van der Waals surface area contributed by atoms with E-state index in [1.54, 1.807) is 35.6 Å². The first-order chi connectivity index (χ1) is 19.5. The minimum Gasteiger partial charge on any atom is -0.345 e. The third kappa shape index (κ3) is 9.13. The normalized spacial score (nSPS) is 12.9. The van der Waals surface area contributed by atoms with E-state index in [0.29, 0.717) is 28.5 Å². The first-order valence-corrected chi connectivity index (χ1v) is 12.6. The largest absolute Gasteiger partial charge is 0.416 e. The lowest BCUT2D eigenvalue weighted by Gasteiger charge is -2.15. The number of hydrogen-bond donors (Lipinski definition) is 2. The number of benzene rings is 3. The zero-order valence-electron chi connectivity index (χ0n) is 21.4. The molecule has 14 heteroatoms. The van der Waals surface area contributed by atoms with Gasteiger partial charge in [0.1, 0.15) is 6.54 Å². The fourth-order valence-corrected chi connectivity index (χ4v) is 4.37. The maximum absolute atomic E-state index is 13.7. The van der Waals surface area contributed by atoms with Gasteiger partial charge in [0, 0.05) is 10.6 Å². The molecule has 3 aromatic rings. The van der Waals surface area contributed by atoms with Gasteiger partial charge in [-0.25, -0.2) is 0 Å². The molecular weight excluding hydrogens is 603 g/mol. The monoisotopic (exact) mass is 624 g/mol. The molecule has 0 spiro atoms. The van der Waals surface area contributed by atoms with E-state index >= 15 is 0 Å². The highest BCUT2D eigenvalue weighted by atomic mass is 35.5. The van der Waals surface area contributed by atoms with Gasteiger partial charge in [-0.15, -0.1) is 0 Å². The second kappa shape index (κ2) is 13.1. The Labute approximate surface area is 238 Å². The second-order valence-corrected chi connectivity index (χ2v) is 9.56. The molecule has 42 heavy (non-hydrogen) atoms. The van der Waals surface area contributed by atoms with Crippen LogP contribution in [0, 0.1) is 0 Å². The van der Waals surface area contributed by atoms with Gasteiger partial charge in [0.25, 0.3) is 5.91 Å². The molecule has 0 radical (unpaired) electrons. The van der Waals surface area contributed by atoms with Crippen LogP contribution in [0.1, 0.15) is 39.9 Å². The molecule has 2 N–H and O–H groups in total. The predicted octanol–water partition coefficient (Wildman–Crippen LogP) is 7.89. The van der Waals surface area contributed by atoms with Gasteiger partial charge in [-0.3, -0.25) is 9.59 Å². The van der Waals surface area contributed by atoms with Gasteiger partial charge in [-0.1, -0.05) is 48.0 Å². The number of nitrogens with one attached hydrogen (secondary N) is 2. The van der Waals surface area contributed by atoms with Crippen LogP contribution in [-0.4, -0.2) is 37.3 Å². The Kier molecular flexibility index (Phi) is 10.2. The minimum atomic E-state index is -4.95. The number of allylic oxidation sites excluding steroid dienone is 2. The van der Waals surface area contributed by atoms with Crippen molar-refractivity contribution < 1.29 is 49.1 Å². The number of carbonyl (C=O) groups is 2. The van der Waals surface area contributed by atoms with Crippen molar-refractivity contribution in [3.05, 3.63) is 87.9 Å². The molecule has 0 heterocycles.